The highest BCUT2D eigenvalue weighted by atomic mass is 16.6. The van der Waals surface area contributed by atoms with Gasteiger partial charge in [-0.2, -0.15) is 0 Å². The number of fused-ring (bicyclic) bond motifs is 2. The van der Waals surface area contributed by atoms with Crippen LogP contribution in [-0.2, 0) is 19.1 Å². The molecule has 0 radical (unpaired) electrons. The molecular weight excluding hydrogens is 328 g/mol. The smallest absolute Gasteiger partial charge is 0.351 e. The molecule has 3 rings (SSSR count). The van der Waals surface area contributed by atoms with Crippen molar-refractivity contribution < 1.29 is 19.1 Å². The van der Waals surface area contributed by atoms with Crippen molar-refractivity contribution >= 4 is 11.9 Å². The Balaban J connectivity index is 1.71. The van der Waals surface area contributed by atoms with Crippen LogP contribution in [0.1, 0.15) is 91.4 Å². The number of hydrogen-bond acceptors (Lipinski definition) is 4. The van der Waals surface area contributed by atoms with Crippen LogP contribution < -0.4 is 0 Å². The minimum absolute atomic E-state index is 0.210. The van der Waals surface area contributed by atoms with E-state index in [-0.39, 0.29) is 18.0 Å². The molecule has 4 nitrogen and oxygen atoms in total. The third-order valence-corrected chi connectivity index (χ3v) is 7.38. The average molecular weight is 363 g/mol. The van der Waals surface area contributed by atoms with Crippen LogP contribution in [0, 0.1) is 10.8 Å². The predicted octanol–water partition coefficient (Wildman–Crippen LogP) is 5.10. The molecule has 1 heterocycles. The maximum absolute atomic E-state index is 13.1. The fourth-order valence-corrected chi connectivity index (χ4v) is 4.87. The number of carbonyl (C=O) groups excluding carboxylic acids is 2. The van der Waals surface area contributed by atoms with Gasteiger partial charge < -0.3 is 9.47 Å². The maximum Gasteiger partial charge on any atom is 0.351 e. The summed E-state index contributed by atoms with van der Waals surface area (Å²) in [5, 5.41) is 0. The lowest BCUT2D eigenvalue weighted by Gasteiger charge is -2.35. The van der Waals surface area contributed by atoms with Crippen molar-refractivity contribution in [3.63, 3.8) is 0 Å². The molecule has 1 saturated carbocycles. The van der Waals surface area contributed by atoms with Crippen molar-refractivity contribution in [2.24, 2.45) is 10.8 Å². The van der Waals surface area contributed by atoms with Gasteiger partial charge in [0.1, 0.15) is 6.10 Å². The summed E-state index contributed by atoms with van der Waals surface area (Å²) >= 11 is 0. The molecule has 3 atom stereocenters. The van der Waals surface area contributed by atoms with E-state index in [2.05, 4.69) is 6.08 Å². The first-order chi connectivity index (χ1) is 12.3. The summed E-state index contributed by atoms with van der Waals surface area (Å²) < 4.78 is 11.6. The largest absolute Gasteiger partial charge is 0.455 e. The van der Waals surface area contributed by atoms with E-state index >= 15 is 0 Å². The molecule has 4 heteroatoms. The van der Waals surface area contributed by atoms with E-state index in [1.54, 1.807) is 0 Å². The molecule has 0 aromatic carbocycles. The molecule has 26 heavy (non-hydrogen) atoms. The van der Waals surface area contributed by atoms with Gasteiger partial charge in [-0.05, 0) is 51.5 Å². The second kappa shape index (κ2) is 7.36. The molecule has 0 N–H and O–H groups in total. The lowest BCUT2D eigenvalue weighted by atomic mass is 9.66. The van der Waals surface area contributed by atoms with Gasteiger partial charge in [-0.3, -0.25) is 4.79 Å². The number of carbonyl (C=O) groups is 2. The highest BCUT2D eigenvalue weighted by molar-refractivity contribution is 5.93. The summed E-state index contributed by atoms with van der Waals surface area (Å²) in [5.41, 5.74) is -2.24. The summed E-state index contributed by atoms with van der Waals surface area (Å²) in [4.78, 5) is 25.5. The molecule has 2 bridgehead atoms. The lowest BCUT2D eigenvalue weighted by molar-refractivity contribution is -0.185. The summed E-state index contributed by atoms with van der Waals surface area (Å²) in [7, 11) is 0. The number of rotatable bonds is 2. The van der Waals surface area contributed by atoms with Crippen molar-refractivity contribution in [1.29, 1.82) is 0 Å². The molecule has 0 aromatic rings. The molecule has 0 amide bonds. The van der Waals surface area contributed by atoms with Crippen molar-refractivity contribution in [3.05, 3.63) is 12.2 Å². The van der Waals surface area contributed by atoms with Gasteiger partial charge in [0, 0.05) is 5.41 Å². The van der Waals surface area contributed by atoms with E-state index in [1.165, 1.54) is 38.5 Å². The van der Waals surface area contributed by atoms with Gasteiger partial charge in [0.25, 0.3) is 0 Å². The number of esters is 2. The molecule has 1 saturated heterocycles. The zero-order valence-corrected chi connectivity index (χ0v) is 16.6. The van der Waals surface area contributed by atoms with E-state index in [9.17, 15) is 9.59 Å². The van der Waals surface area contributed by atoms with Crippen molar-refractivity contribution in [2.45, 2.75) is 103 Å². The minimum atomic E-state index is -1.11. The molecule has 0 unspecified atom stereocenters. The summed E-state index contributed by atoms with van der Waals surface area (Å²) in [6.45, 7) is 5.87. The Kier molecular flexibility index (Phi) is 5.50. The zero-order chi connectivity index (χ0) is 18.8. The van der Waals surface area contributed by atoms with E-state index in [0.29, 0.717) is 12.8 Å². The van der Waals surface area contributed by atoms with Crippen LogP contribution in [0.25, 0.3) is 0 Å². The standard InChI is InChI=1S/C22H34O4/c1-20(2)21(3)15-16-22(20,26-18(21)23)19(24)25-17-13-11-9-7-5-4-6-8-10-12-14-17/h11,13,17H,4-10,12,14-16H2,1-3H3/b13-11+/t17-,21-,22+/m1/s1. The first-order valence-corrected chi connectivity index (χ1v) is 10.4. The molecule has 0 spiro atoms. The first kappa shape index (κ1) is 19.4. The Morgan fingerprint density at radius 1 is 1.04 bits per heavy atom. The summed E-state index contributed by atoms with van der Waals surface area (Å²) in [5.74, 6) is -0.598. The Morgan fingerprint density at radius 3 is 2.31 bits per heavy atom. The van der Waals surface area contributed by atoms with Crippen molar-refractivity contribution in [3.8, 4) is 0 Å². The molecule has 2 fully saturated rings. The molecule has 3 aliphatic rings. The van der Waals surface area contributed by atoms with Crippen LogP contribution >= 0.6 is 0 Å². The van der Waals surface area contributed by atoms with Crippen molar-refractivity contribution in [1.82, 2.24) is 0 Å². The van der Waals surface area contributed by atoms with Gasteiger partial charge in [-0.1, -0.05) is 52.0 Å². The second-order valence-corrected chi connectivity index (χ2v) is 9.10. The molecule has 0 aromatic heterocycles. The topological polar surface area (TPSA) is 52.6 Å². The number of allylic oxidation sites excluding steroid dienone is 1. The van der Waals surface area contributed by atoms with Gasteiger partial charge in [0.2, 0.25) is 5.60 Å². The maximum atomic E-state index is 13.1. The highest BCUT2D eigenvalue weighted by Crippen LogP contribution is 2.65. The molecule has 2 aliphatic carbocycles. The Hall–Kier alpha value is -1.32. The monoisotopic (exact) mass is 362 g/mol. The van der Waals surface area contributed by atoms with E-state index in [4.69, 9.17) is 9.47 Å². The predicted molar refractivity (Wildman–Crippen MR) is 101 cm³/mol. The average Bonchev–Trinajstić information content (AvgIpc) is 2.87. The number of hydrogen-bond donors (Lipinski definition) is 0. The van der Waals surface area contributed by atoms with E-state index in [1.807, 2.05) is 26.8 Å². The molecule has 1 aliphatic heterocycles. The minimum Gasteiger partial charge on any atom is -0.455 e. The third kappa shape index (κ3) is 3.10. The first-order valence-electron chi connectivity index (χ1n) is 10.4. The Labute approximate surface area is 157 Å². The van der Waals surface area contributed by atoms with Crippen molar-refractivity contribution in [2.75, 3.05) is 0 Å². The summed E-state index contributed by atoms with van der Waals surface area (Å²) in [6.07, 6.45) is 15.8. The lowest BCUT2D eigenvalue weighted by Crippen LogP contribution is -2.49. The van der Waals surface area contributed by atoms with Crippen LogP contribution in [-0.4, -0.2) is 23.6 Å². The Morgan fingerprint density at radius 2 is 1.69 bits per heavy atom. The quantitative estimate of drug-likeness (QED) is 0.506. The second-order valence-electron chi connectivity index (χ2n) is 9.10. The fraction of sp³-hybridized carbons (Fsp3) is 0.818. The van der Waals surface area contributed by atoms with Crippen LogP contribution in [0.3, 0.4) is 0 Å². The molecule has 146 valence electrons. The van der Waals surface area contributed by atoms with Gasteiger partial charge >= 0.3 is 11.9 Å². The Bertz CT molecular complexity index is 579. The van der Waals surface area contributed by atoms with Crippen LogP contribution in [0.5, 0.6) is 0 Å². The zero-order valence-electron chi connectivity index (χ0n) is 16.6. The normalized spacial score (nSPS) is 38.7. The van der Waals surface area contributed by atoms with Crippen LogP contribution in [0.15, 0.2) is 12.2 Å². The molecular formula is C22H34O4. The van der Waals surface area contributed by atoms with Gasteiger partial charge in [-0.25, -0.2) is 4.79 Å². The van der Waals surface area contributed by atoms with Crippen LogP contribution in [0.2, 0.25) is 0 Å². The third-order valence-electron chi connectivity index (χ3n) is 7.38. The van der Waals surface area contributed by atoms with Gasteiger partial charge in [0.05, 0.1) is 5.41 Å². The fourth-order valence-electron chi connectivity index (χ4n) is 4.87. The van der Waals surface area contributed by atoms with Gasteiger partial charge in [-0.15, -0.1) is 0 Å². The highest BCUT2D eigenvalue weighted by Gasteiger charge is 2.76. The summed E-state index contributed by atoms with van der Waals surface area (Å²) in [6, 6.07) is 0. The number of ether oxygens (including phenoxy) is 2. The van der Waals surface area contributed by atoms with Crippen LogP contribution in [0.4, 0.5) is 0 Å². The van der Waals surface area contributed by atoms with Gasteiger partial charge in [0.15, 0.2) is 0 Å². The van der Waals surface area contributed by atoms with E-state index in [0.717, 1.165) is 19.3 Å². The van der Waals surface area contributed by atoms with E-state index < -0.39 is 16.4 Å². The SMILES string of the molecule is CC1(C)[C@@]2(C(=O)O[C@@H]3/C=C/CCCCCCCCC3)CC[C@]1(C)C(=O)O2.